The smallest absolute Gasteiger partial charge is 0.338 e. The Labute approximate surface area is 137 Å². The summed E-state index contributed by atoms with van der Waals surface area (Å²) in [4.78, 5) is 34.6. The predicted octanol–water partition coefficient (Wildman–Crippen LogP) is 2.75. The number of hydrogen-bond acceptors (Lipinski definition) is 5. The van der Waals surface area contributed by atoms with E-state index in [9.17, 15) is 14.4 Å². The van der Waals surface area contributed by atoms with Crippen LogP contribution >= 0.6 is 0 Å². The lowest BCUT2D eigenvalue weighted by molar-refractivity contribution is -0.141. The van der Waals surface area contributed by atoms with Crippen LogP contribution in [-0.2, 0) is 14.3 Å². The zero-order valence-corrected chi connectivity index (χ0v) is 15.0. The second-order valence-corrected chi connectivity index (χ2v) is 11.7. The highest BCUT2D eigenvalue weighted by Gasteiger charge is 2.47. The fraction of sp³-hybridized carbons (Fsp3) is 0.529. The van der Waals surface area contributed by atoms with Crippen LogP contribution in [0, 0.1) is 5.92 Å². The van der Waals surface area contributed by atoms with Gasteiger partial charge in [0.15, 0.2) is 8.32 Å². The number of benzene rings is 1. The van der Waals surface area contributed by atoms with Crippen LogP contribution in [0.4, 0.5) is 0 Å². The summed E-state index contributed by atoms with van der Waals surface area (Å²) in [6.07, 6.45) is -0.167. The number of hydrogen-bond donors (Lipinski definition) is 1. The molecule has 0 saturated carbocycles. The zero-order chi connectivity index (χ0) is 17.3. The molecule has 0 unspecified atom stereocenters. The Hall–Kier alpha value is -1.66. The number of carbonyl (C=O) groups excluding carboxylic acids is 2. The molecule has 126 valence electrons. The van der Waals surface area contributed by atoms with Gasteiger partial charge < -0.3 is 14.3 Å². The van der Waals surface area contributed by atoms with Crippen molar-refractivity contribution in [1.82, 2.24) is 0 Å². The van der Waals surface area contributed by atoms with Crippen LogP contribution in [0.2, 0.25) is 18.1 Å². The molecule has 2 rings (SSSR count). The quantitative estimate of drug-likeness (QED) is 0.661. The molecule has 2 atom stereocenters. The molecule has 5 nitrogen and oxygen atoms in total. The van der Waals surface area contributed by atoms with Gasteiger partial charge in [0.25, 0.3) is 0 Å². The van der Waals surface area contributed by atoms with E-state index in [1.54, 1.807) is 24.3 Å². The van der Waals surface area contributed by atoms with Gasteiger partial charge in [-0.1, -0.05) is 32.0 Å². The Kier molecular flexibility index (Phi) is 4.96. The summed E-state index contributed by atoms with van der Waals surface area (Å²) < 4.78 is 10.6. The van der Waals surface area contributed by atoms with Crippen molar-refractivity contribution < 1.29 is 23.9 Å². The molecule has 0 aliphatic carbocycles. The molecule has 0 aromatic heterocycles. The van der Waals surface area contributed by atoms with Crippen molar-refractivity contribution in [3.8, 4) is 0 Å². The molecule has 0 amide bonds. The van der Waals surface area contributed by atoms with Crippen molar-refractivity contribution in [2.75, 3.05) is 6.61 Å². The van der Waals surface area contributed by atoms with Gasteiger partial charge in [-0.05, 0) is 36.7 Å². The van der Waals surface area contributed by atoms with Gasteiger partial charge in [0.2, 0.25) is 0 Å². The second kappa shape index (κ2) is 6.45. The van der Waals surface area contributed by atoms with Gasteiger partial charge in [-0.15, -0.1) is 0 Å². The van der Waals surface area contributed by atoms with E-state index in [2.05, 4.69) is 0 Å². The van der Waals surface area contributed by atoms with Gasteiger partial charge in [-0.25, -0.2) is 4.79 Å². The Morgan fingerprint density at radius 1 is 1.35 bits per heavy atom. The minimum atomic E-state index is -2.46. The van der Waals surface area contributed by atoms with Crippen LogP contribution in [0.3, 0.4) is 0 Å². The third kappa shape index (κ3) is 4.00. The van der Waals surface area contributed by atoms with Crippen molar-refractivity contribution in [3.63, 3.8) is 0 Å². The first-order valence-electron chi connectivity index (χ1n) is 7.77. The molecule has 1 aliphatic rings. The van der Waals surface area contributed by atoms with Crippen LogP contribution in [0.5, 0.6) is 0 Å². The lowest BCUT2D eigenvalue weighted by atomic mass is 9.93. The molecule has 0 radical (unpaired) electrons. The molecule has 6 heteroatoms. The van der Waals surface area contributed by atoms with Crippen molar-refractivity contribution in [2.24, 2.45) is 5.92 Å². The zero-order valence-electron chi connectivity index (χ0n) is 14.0. The fourth-order valence-electron chi connectivity index (χ4n) is 2.45. The lowest BCUT2D eigenvalue weighted by Gasteiger charge is -2.37. The van der Waals surface area contributed by atoms with E-state index < -0.39 is 31.3 Å². The van der Waals surface area contributed by atoms with E-state index in [1.165, 1.54) is 0 Å². The monoisotopic (exact) mass is 336 g/mol. The maximum absolute atomic E-state index is 12.2. The number of carbonyl (C=O) groups is 2. The maximum Gasteiger partial charge on any atom is 0.338 e. The highest BCUT2D eigenvalue weighted by molar-refractivity contribution is 6.72. The first-order valence-corrected chi connectivity index (χ1v) is 10.7. The van der Waals surface area contributed by atoms with Gasteiger partial charge in [-0.2, -0.15) is 0 Å². The first-order chi connectivity index (χ1) is 10.6. The van der Waals surface area contributed by atoms with Crippen molar-refractivity contribution in [1.29, 1.82) is 0 Å². The van der Waals surface area contributed by atoms with Crippen LogP contribution in [0.15, 0.2) is 30.3 Å². The molecule has 1 saturated heterocycles. The van der Waals surface area contributed by atoms with E-state index in [4.69, 9.17) is 9.47 Å². The minimum Gasteiger partial charge on any atom is -0.461 e. The number of ether oxygens (including phenoxy) is 2. The Morgan fingerprint density at radius 2 is 1.96 bits per heavy atom. The number of rotatable bonds is 5. The molecule has 0 spiro atoms. The third-order valence-electron chi connectivity index (χ3n) is 4.80. The summed E-state index contributed by atoms with van der Waals surface area (Å²) >= 11 is 0. The van der Waals surface area contributed by atoms with Gasteiger partial charge in [0.05, 0.1) is 11.5 Å². The molecule has 1 aromatic carbocycles. The van der Waals surface area contributed by atoms with E-state index >= 15 is 0 Å². The first kappa shape index (κ1) is 17.7. The molecular formula is C17H24O5Si. The normalized spacial score (nSPS) is 21.9. The van der Waals surface area contributed by atoms with Crippen LogP contribution in [0.1, 0.15) is 30.6 Å². The fourth-order valence-corrected chi connectivity index (χ4v) is 3.17. The van der Waals surface area contributed by atoms with E-state index in [-0.39, 0.29) is 12.6 Å². The van der Waals surface area contributed by atoms with Crippen molar-refractivity contribution in [3.05, 3.63) is 35.9 Å². The van der Waals surface area contributed by atoms with Crippen LogP contribution in [0.25, 0.3) is 0 Å². The van der Waals surface area contributed by atoms with Gasteiger partial charge in [0.1, 0.15) is 12.7 Å². The standard InChI is InChI=1S/C17H24O5Si/c1-17(2,23(3,4)20)10-13-14(11-21-16(13)19)22-15(18)12-8-6-5-7-9-12/h5-9,13-14,20H,10-11H2,1-4H3/t13-,14+/m1/s1. The Balaban J connectivity index is 2.10. The topological polar surface area (TPSA) is 72.8 Å². The van der Waals surface area contributed by atoms with Crippen LogP contribution in [-0.4, -0.2) is 37.8 Å². The molecule has 23 heavy (non-hydrogen) atoms. The molecule has 1 aliphatic heterocycles. The largest absolute Gasteiger partial charge is 0.461 e. The second-order valence-electron chi connectivity index (χ2n) is 7.19. The van der Waals surface area contributed by atoms with Gasteiger partial charge in [0, 0.05) is 0 Å². The maximum atomic E-state index is 12.2. The molecule has 0 bridgehead atoms. The average Bonchev–Trinajstić information content (AvgIpc) is 2.79. The summed E-state index contributed by atoms with van der Waals surface area (Å²) in [5.74, 6) is -1.35. The van der Waals surface area contributed by atoms with Gasteiger partial charge >= 0.3 is 11.9 Å². The van der Waals surface area contributed by atoms with Crippen LogP contribution < -0.4 is 0 Å². The van der Waals surface area contributed by atoms with Gasteiger partial charge in [-0.3, -0.25) is 4.79 Å². The third-order valence-corrected chi connectivity index (χ3v) is 8.31. The molecule has 1 heterocycles. The highest BCUT2D eigenvalue weighted by Crippen LogP contribution is 2.44. The SMILES string of the molecule is CC(C)(C[C@H]1C(=O)OC[C@@H]1OC(=O)c1ccccc1)[Si](C)(C)O. The molecule has 1 fully saturated rings. The molecular weight excluding hydrogens is 312 g/mol. The van der Waals surface area contributed by atoms with Crippen molar-refractivity contribution >= 4 is 20.3 Å². The van der Waals surface area contributed by atoms with E-state index in [1.807, 2.05) is 33.0 Å². The minimum absolute atomic E-state index is 0.0750. The summed E-state index contributed by atoms with van der Waals surface area (Å²) in [5, 5.41) is -0.390. The summed E-state index contributed by atoms with van der Waals surface area (Å²) in [6, 6.07) is 8.67. The predicted molar refractivity (Wildman–Crippen MR) is 88.5 cm³/mol. The Morgan fingerprint density at radius 3 is 2.52 bits per heavy atom. The number of cyclic esters (lactones) is 1. The summed E-state index contributed by atoms with van der Waals surface area (Å²) in [6.45, 7) is 7.66. The van der Waals surface area contributed by atoms with Crippen molar-refractivity contribution in [2.45, 2.75) is 44.5 Å². The average molecular weight is 336 g/mol. The summed E-state index contributed by atoms with van der Waals surface area (Å²) in [5.41, 5.74) is 0.446. The molecule has 1 N–H and O–H groups in total. The number of esters is 2. The van der Waals surface area contributed by atoms with E-state index in [0.717, 1.165) is 0 Å². The molecule has 1 aromatic rings. The lowest BCUT2D eigenvalue weighted by Crippen LogP contribution is -2.42. The highest BCUT2D eigenvalue weighted by atomic mass is 28.4. The summed E-state index contributed by atoms with van der Waals surface area (Å²) in [7, 11) is -2.46. The van der Waals surface area contributed by atoms with E-state index in [0.29, 0.717) is 12.0 Å². The Bertz CT molecular complexity index is 576.